The van der Waals surface area contributed by atoms with E-state index >= 15 is 0 Å². The summed E-state index contributed by atoms with van der Waals surface area (Å²) in [5.74, 6) is 1.54. The van der Waals surface area contributed by atoms with Crippen molar-refractivity contribution in [2.75, 3.05) is 34.0 Å². The number of halogens is 1. The van der Waals surface area contributed by atoms with Crippen molar-refractivity contribution in [2.24, 2.45) is 0 Å². The van der Waals surface area contributed by atoms with Crippen molar-refractivity contribution < 1.29 is 14.2 Å². The minimum atomic E-state index is 0.658. The minimum absolute atomic E-state index is 0.658. The van der Waals surface area contributed by atoms with Crippen LogP contribution >= 0.6 is 15.9 Å². The van der Waals surface area contributed by atoms with Crippen LogP contribution < -0.4 is 14.8 Å². The first-order valence-electron chi connectivity index (χ1n) is 7.41. The maximum atomic E-state index is 5.84. The fourth-order valence-corrected chi connectivity index (χ4v) is 2.55. The quantitative estimate of drug-likeness (QED) is 0.610. The van der Waals surface area contributed by atoms with Crippen LogP contribution in [0, 0.1) is 0 Å². The fraction of sp³-hybridized carbons (Fsp3) is 0.625. The predicted octanol–water partition coefficient (Wildman–Crippen LogP) is 3.76. The van der Waals surface area contributed by atoms with Gasteiger partial charge >= 0.3 is 0 Å². The third-order valence-corrected chi connectivity index (χ3v) is 3.62. The molecule has 0 aliphatic rings. The topological polar surface area (TPSA) is 39.7 Å². The second-order valence-corrected chi connectivity index (χ2v) is 5.69. The molecule has 0 atom stereocenters. The maximum absolute atomic E-state index is 5.84. The van der Waals surface area contributed by atoms with Crippen LogP contribution in [-0.4, -0.2) is 34.0 Å². The SMILES string of the molecule is CCCNCc1cc(Br)c(OCCCCOC)c(OC)c1. The minimum Gasteiger partial charge on any atom is -0.493 e. The van der Waals surface area contributed by atoms with E-state index in [2.05, 4.69) is 34.2 Å². The summed E-state index contributed by atoms with van der Waals surface area (Å²) < 4.78 is 17.2. The summed E-state index contributed by atoms with van der Waals surface area (Å²) in [4.78, 5) is 0. The zero-order valence-corrected chi connectivity index (χ0v) is 14.8. The van der Waals surface area contributed by atoms with E-state index in [1.165, 1.54) is 5.56 Å². The predicted molar refractivity (Wildman–Crippen MR) is 89.3 cm³/mol. The van der Waals surface area contributed by atoms with Gasteiger partial charge < -0.3 is 19.5 Å². The molecule has 0 bridgehead atoms. The Morgan fingerprint density at radius 1 is 1.14 bits per heavy atom. The molecule has 0 aromatic heterocycles. The summed E-state index contributed by atoms with van der Waals surface area (Å²) in [5, 5.41) is 3.38. The van der Waals surface area contributed by atoms with Gasteiger partial charge in [0.05, 0.1) is 18.2 Å². The van der Waals surface area contributed by atoms with E-state index < -0.39 is 0 Å². The van der Waals surface area contributed by atoms with Crippen molar-refractivity contribution in [2.45, 2.75) is 32.7 Å². The number of hydrogen-bond acceptors (Lipinski definition) is 4. The molecule has 0 aliphatic carbocycles. The molecule has 0 heterocycles. The molecule has 120 valence electrons. The molecule has 0 spiro atoms. The van der Waals surface area contributed by atoms with Crippen molar-refractivity contribution in [3.8, 4) is 11.5 Å². The molecule has 4 nitrogen and oxygen atoms in total. The van der Waals surface area contributed by atoms with E-state index in [1.807, 2.05) is 6.07 Å². The molecule has 21 heavy (non-hydrogen) atoms. The zero-order chi connectivity index (χ0) is 15.5. The summed E-state index contributed by atoms with van der Waals surface area (Å²) in [6.45, 7) is 5.42. The summed E-state index contributed by atoms with van der Waals surface area (Å²) in [6, 6.07) is 4.10. The zero-order valence-electron chi connectivity index (χ0n) is 13.2. The van der Waals surface area contributed by atoms with E-state index in [0.717, 1.165) is 54.9 Å². The molecule has 1 aromatic rings. The van der Waals surface area contributed by atoms with E-state index in [-0.39, 0.29) is 0 Å². The van der Waals surface area contributed by atoms with Crippen molar-refractivity contribution in [1.29, 1.82) is 0 Å². The molecule has 0 saturated carbocycles. The van der Waals surface area contributed by atoms with Gasteiger partial charge in [-0.3, -0.25) is 0 Å². The molecule has 1 N–H and O–H groups in total. The lowest BCUT2D eigenvalue weighted by atomic mass is 10.2. The highest BCUT2D eigenvalue weighted by Gasteiger charge is 2.11. The fourth-order valence-electron chi connectivity index (χ4n) is 1.95. The highest BCUT2D eigenvalue weighted by atomic mass is 79.9. The first-order valence-corrected chi connectivity index (χ1v) is 8.21. The molecule has 0 amide bonds. The third kappa shape index (κ3) is 6.68. The number of methoxy groups -OCH3 is 2. The van der Waals surface area contributed by atoms with E-state index in [4.69, 9.17) is 14.2 Å². The van der Waals surface area contributed by atoms with Crippen LogP contribution in [0.15, 0.2) is 16.6 Å². The molecule has 0 saturated heterocycles. The Morgan fingerprint density at radius 3 is 2.57 bits per heavy atom. The summed E-state index contributed by atoms with van der Waals surface area (Å²) in [6.07, 6.45) is 3.08. The Labute approximate surface area is 136 Å². The van der Waals surface area contributed by atoms with Crippen LogP contribution in [0.1, 0.15) is 31.7 Å². The monoisotopic (exact) mass is 359 g/mol. The Kier molecular flexibility index (Phi) is 9.46. The van der Waals surface area contributed by atoms with Gasteiger partial charge in [0.1, 0.15) is 0 Å². The van der Waals surface area contributed by atoms with Crippen LogP contribution in [0.2, 0.25) is 0 Å². The molecule has 0 radical (unpaired) electrons. The number of unbranched alkanes of at least 4 members (excludes halogenated alkanes) is 1. The van der Waals surface area contributed by atoms with Crippen molar-refractivity contribution in [3.05, 3.63) is 22.2 Å². The van der Waals surface area contributed by atoms with Gasteiger partial charge in [0.2, 0.25) is 0 Å². The standard InChI is InChI=1S/C16H26BrNO3/c1-4-7-18-12-13-10-14(17)16(15(11-13)20-3)21-9-6-5-8-19-2/h10-11,18H,4-9,12H2,1-3H3. The lowest BCUT2D eigenvalue weighted by molar-refractivity contribution is 0.183. The number of nitrogens with one attached hydrogen (secondary N) is 1. The largest absolute Gasteiger partial charge is 0.493 e. The van der Waals surface area contributed by atoms with E-state index in [9.17, 15) is 0 Å². The highest BCUT2D eigenvalue weighted by molar-refractivity contribution is 9.10. The summed E-state index contributed by atoms with van der Waals surface area (Å²) in [7, 11) is 3.38. The molecule has 5 heteroatoms. The van der Waals surface area contributed by atoms with Gasteiger partial charge in [-0.25, -0.2) is 0 Å². The Bertz CT molecular complexity index is 413. The Hall–Kier alpha value is -0.780. The highest BCUT2D eigenvalue weighted by Crippen LogP contribution is 2.36. The van der Waals surface area contributed by atoms with Gasteiger partial charge in [-0.1, -0.05) is 6.92 Å². The van der Waals surface area contributed by atoms with Crippen LogP contribution in [0.25, 0.3) is 0 Å². The van der Waals surface area contributed by atoms with Crippen LogP contribution in [0.4, 0.5) is 0 Å². The van der Waals surface area contributed by atoms with Gasteiger partial charge in [-0.05, 0) is 59.4 Å². The lowest BCUT2D eigenvalue weighted by Gasteiger charge is -2.14. The molecule has 0 aliphatic heterocycles. The van der Waals surface area contributed by atoms with Gasteiger partial charge in [-0.2, -0.15) is 0 Å². The second-order valence-electron chi connectivity index (χ2n) is 4.83. The Balaban J connectivity index is 2.61. The number of ether oxygens (including phenoxy) is 3. The average molecular weight is 360 g/mol. The van der Waals surface area contributed by atoms with E-state index in [0.29, 0.717) is 6.61 Å². The van der Waals surface area contributed by atoms with Crippen molar-refractivity contribution in [1.82, 2.24) is 5.32 Å². The first kappa shape index (κ1) is 18.3. The first-order chi connectivity index (χ1) is 10.2. The van der Waals surface area contributed by atoms with Gasteiger partial charge in [-0.15, -0.1) is 0 Å². The van der Waals surface area contributed by atoms with Crippen LogP contribution in [-0.2, 0) is 11.3 Å². The average Bonchev–Trinajstić information content (AvgIpc) is 2.48. The van der Waals surface area contributed by atoms with Crippen LogP contribution in [0.5, 0.6) is 11.5 Å². The van der Waals surface area contributed by atoms with Crippen LogP contribution in [0.3, 0.4) is 0 Å². The normalized spacial score (nSPS) is 10.7. The number of rotatable bonds is 11. The summed E-state index contributed by atoms with van der Waals surface area (Å²) >= 11 is 3.57. The van der Waals surface area contributed by atoms with Crippen molar-refractivity contribution in [3.63, 3.8) is 0 Å². The lowest BCUT2D eigenvalue weighted by Crippen LogP contribution is -2.14. The smallest absolute Gasteiger partial charge is 0.175 e. The van der Waals surface area contributed by atoms with Gasteiger partial charge in [0.15, 0.2) is 11.5 Å². The third-order valence-electron chi connectivity index (χ3n) is 3.03. The molecule has 0 fully saturated rings. The van der Waals surface area contributed by atoms with Crippen molar-refractivity contribution >= 4 is 15.9 Å². The summed E-state index contributed by atoms with van der Waals surface area (Å²) in [5.41, 5.74) is 1.18. The molecular weight excluding hydrogens is 334 g/mol. The molecular formula is C16H26BrNO3. The molecule has 1 rings (SSSR count). The van der Waals surface area contributed by atoms with Gasteiger partial charge in [0.25, 0.3) is 0 Å². The molecule has 1 aromatic carbocycles. The van der Waals surface area contributed by atoms with E-state index in [1.54, 1.807) is 14.2 Å². The van der Waals surface area contributed by atoms with Gasteiger partial charge in [0, 0.05) is 20.3 Å². The number of benzene rings is 1. The molecule has 0 unspecified atom stereocenters. The maximum Gasteiger partial charge on any atom is 0.175 e. The Morgan fingerprint density at radius 2 is 1.90 bits per heavy atom. The number of hydrogen-bond donors (Lipinski definition) is 1. The second kappa shape index (κ2) is 10.9.